The second-order valence-electron chi connectivity index (χ2n) is 4.47. The maximum Gasteiger partial charge on any atom is 0.228 e. The summed E-state index contributed by atoms with van der Waals surface area (Å²) in [6.07, 6.45) is 2.77. The summed E-state index contributed by atoms with van der Waals surface area (Å²) >= 11 is 0. The topological polar surface area (TPSA) is 52.6 Å². The van der Waals surface area contributed by atoms with Gasteiger partial charge >= 0.3 is 0 Å². The molecular formula is C13H18N2O2. The zero-order valence-corrected chi connectivity index (χ0v) is 10.0. The van der Waals surface area contributed by atoms with E-state index in [1.165, 1.54) is 0 Å². The first-order valence-electron chi connectivity index (χ1n) is 5.96. The highest BCUT2D eigenvalue weighted by molar-refractivity contribution is 5.93. The quantitative estimate of drug-likeness (QED) is 0.833. The lowest BCUT2D eigenvalue weighted by Crippen LogP contribution is -2.33. The van der Waals surface area contributed by atoms with Crippen LogP contribution in [0.3, 0.4) is 0 Å². The van der Waals surface area contributed by atoms with Crippen molar-refractivity contribution < 1.29 is 9.90 Å². The SMILES string of the molecule is CN(C(=O)CC1CCCN1)c1ccc(O)cc1. The Morgan fingerprint density at radius 1 is 1.47 bits per heavy atom. The molecule has 2 rings (SSSR count). The molecule has 0 bridgehead atoms. The maximum absolute atomic E-state index is 12.0. The molecule has 1 heterocycles. The number of carbonyl (C=O) groups is 1. The molecule has 1 aromatic rings. The fourth-order valence-electron chi connectivity index (χ4n) is 2.10. The summed E-state index contributed by atoms with van der Waals surface area (Å²) in [5, 5.41) is 12.5. The van der Waals surface area contributed by atoms with Crippen molar-refractivity contribution in [1.82, 2.24) is 5.32 Å². The fraction of sp³-hybridized carbons (Fsp3) is 0.462. The molecule has 0 aromatic heterocycles. The first kappa shape index (κ1) is 11.9. The Bertz CT molecular complexity index is 383. The Hall–Kier alpha value is -1.55. The van der Waals surface area contributed by atoms with Crippen LogP contribution in [-0.2, 0) is 4.79 Å². The van der Waals surface area contributed by atoms with Crippen LogP contribution < -0.4 is 10.2 Å². The van der Waals surface area contributed by atoms with Crippen LogP contribution in [-0.4, -0.2) is 30.6 Å². The van der Waals surface area contributed by atoms with Gasteiger partial charge < -0.3 is 15.3 Å². The van der Waals surface area contributed by atoms with Gasteiger partial charge in [0.05, 0.1) is 0 Å². The highest BCUT2D eigenvalue weighted by Gasteiger charge is 2.20. The third-order valence-electron chi connectivity index (χ3n) is 3.19. The summed E-state index contributed by atoms with van der Waals surface area (Å²) in [7, 11) is 1.77. The van der Waals surface area contributed by atoms with Gasteiger partial charge in [0.2, 0.25) is 5.91 Å². The molecule has 1 atom stereocenters. The number of phenols is 1. The molecule has 0 radical (unpaired) electrons. The molecule has 1 amide bonds. The van der Waals surface area contributed by atoms with Crippen molar-refractivity contribution in [2.45, 2.75) is 25.3 Å². The minimum atomic E-state index is 0.107. The molecule has 2 N–H and O–H groups in total. The number of nitrogens with one attached hydrogen (secondary N) is 1. The van der Waals surface area contributed by atoms with E-state index in [4.69, 9.17) is 0 Å². The second-order valence-corrected chi connectivity index (χ2v) is 4.47. The summed E-state index contributed by atoms with van der Waals surface area (Å²) in [4.78, 5) is 13.6. The van der Waals surface area contributed by atoms with Gasteiger partial charge in [-0.3, -0.25) is 4.79 Å². The lowest BCUT2D eigenvalue weighted by Gasteiger charge is -2.19. The Balaban J connectivity index is 1.96. The lowest BCUT2D eigenvalue weighted by molar-refractivity contribution is -0.118. The molecule has 1 fully saturated rings. The zero-order valence-electron chi connectivity index (χ0n) is 10.0. The smallest absolute Gasteiger partial charge is 0.228 e. The van der Waals surface area contributed by atoms with E-state index < -0.39 is 0 Å². The molecule has 17 heavy (non-hydrogen) atoms. The molecule has 1 aliphatic heterocycles. The normalized spacial score (nSPS) is 19.2. The highest BCUT2D eigenvalue weighted by Crippen LogP contribution is 2.19. The van der Waals surface area contributed by atoms with Crippen molar-refractivity contribution in [3.05, 3.63) is 24.3 Å². The predicted molar refractivity (Wildman–Crippen MR) is 67.2 cm³/mol. The predicted octanol–water partition coefficient (Wildman–Crippen LogP) is 1.50. The van der Waals surface area contributed by atoms with E-state index in [0.29, 0.717) is 12.5 Å². The van der Waals surface area contributed by atoms with Crippen LogP contribution in [0.25, 0.3) is 0 Å². The molecule has 4 heteroatoms. The Kier molecular flexibility index (Phi) is 3.64. The van der Waals surface area contributed by atoms with Gasteiger partial charge in [-0.1, -0.05) is 0 Å². The number of anilines is 1. The summed E-state index contributed by atoms with van der Waals surface area (Å²) < 4.78 is 0. The van der Waals surface area contributed by atoms with E-state index in [9.17, 15) is 9.90 Å². The van der Waals surface area contributed by atoms with Crippen molar-refractivity contribution in [2.75, 3.05) is 18.5 Å². The lowest BCUT2D eigenvalue weighted by atomic mass is 10.1. The first-order valence-corrected chi connectivity index (χ1v) is 5.96. The summed E-state index contributed by atoms with van der Waals surface area (Å²) in [5.74, 6) is 0.321. The Labute approximate surface area is 101 Å². The van der Waals surface area contributed by atoms with Crippen LogP contribution in [0, 0.1) is 0 Å². The molecule has 1 saturated heterocycles. The van der Waals surface area contributed by atoms with E-state index in [2.05, 4.69) is 5.32 Å². The number of aromatic hydroxyl groups is 1. The molecule has 1 unspecified atom stereocenters. The number of carbonyl (C=O) groups excluding carboxylic acids is 1. The number of phenolic OH excluding ortho intramolecular Hbond substituents is 1. The molecule has 4 nitrogen and oxygen atoms in total. The minimum absolute atomic E-state index is 0.107. The third kappa shape index (κ3) is 2.97. The number of rotatable bonds is 3. The van der Waals surface area contributed by atoms with Gasteiger partial charge in [0.25, 0.3) is 0 Å². The van der Waals surface area contributed by atoms with E-state index in [1.807, 2.05) is 0 Å². The van der Waals surface area contributed by atoms with Gasteiger partial charge in [-0.05, 0) is 43.7 Å². The second kappa shape index (κ2) is 5.19. The molecule has 1 aliphatic rings. The van der Waals surface area contributed by atoms with Crippen LogP contribution in [0.4, 0.5) is 5.69 Å². The standard InChI is InChI=1S/C13H18N2O2/c1-15(11-4-6-12(16)7-5-11)13(17)9-10-3-2-8-14-10/h4-7,10,14,16H,2-3,8-9H2,1H3. The van der Waals surface area contributed by atoms with Crippen molar-refractivity contribution in [1.29, 1.82) is 0 Å². The average Bonchev–Trinajstić information content (AvgIpc) is 2.82. The van der Waals surface area contributed by atoms with Crippen molar-refractivity contribution >= 4 is 11.6 Å². The largest absolute Gasteiger partial charge is 0.508 e. The van der Waals surface area contributed by atoms with Crippen LogP contribution >= 0.6 is 0 Å². The van der Waals surface area contributed by atoms with Gasteiger partial charge in [-0.15, -0.1) is 0 Å². The van der Waals surface area contributed by atoms with Crippen molar-refractivity contribution in [3.8, 4) is 5.75 Å². The third-order valence-corrected chi connectivity index (χ3v) is 3.19. The van der Waals surface area contributed by atoms with Crippen LogP contribution in [0.15, 0.2) is 24.3 Å². The minimum Gasteiger partial charge on any atom is -0.508 e. The average molecular weight is 234 g/mol. The summed E-state index contributed by atoms with van der Waals surface area (Å²) in [5.41, 5.74) is 0.811. The van der Waals surface area contributed by atoms with E-state index in [0.717, 1.165) is 25.1 Å². The molecule has 1 aromatic carbocycles. The van der Waals surface area contributed by atoms with Gasteiger partial charge in [0.15, 0.2) is 0 Å². The molecule has 0 aliphatic carbocycles. The van der Waals surface area contributed by atoms with Crippen LogP contribution in [0.2, 0.25) is 0 Å². The maximum atomic E-state index is 12.0. The van der Waals surface area contributed by atoms with E-state index in [1.54, 1.807) is 36.2 Å². The Morgan fingerprint density at radius 3 is 2.76 bits per heavy atom. The summed E-state index contributed by atoms with van der Waals surface area (Å²) in [6.45, 7) is 1.01. The van der Waals surface area contributed by atoms with Gasteiger partial charge in [-0.2, -0.15) is 0 Å². The zero-order chi connectivity index (χ0) is 12.3. The highest BCUT2D eigenvalue weighted by atomic mass is 16.3. The number of amides is 1. The molecule has 0 spiro atoms. The number of hydrogen-bond acceptors (Lipinski definition) is 3. The van der Waals surface area contributed by atoms with Gasteiger partial charge in [0.1, 0.15) is 5.75 Å². The Morgan fingerprint density at radius 2 is 2.18 bits per heavy atom. The first-order chi connectivity index (χ1) is 8.16. The number of hydrogen-bond donors (Lipinski definition) is 2. The molecule has 92 valence electrons. The molecular weight excluding hydrogens is 216 g/mol. The fourth-order valence-corrected chi connectivity index (χ4v) is 2.10. The monoisotopic (exact) mass is 234 g/mol. The van der Waals surface area contributed by atoms with Crippen molar-refractivity contribution in [2.24, 2.45) is 0 Å². The summed E-state index contributed by atoms with van der Waals surface area (Å²) in [6, 6.07) is 6.99. The number of benzene rings is 1. The van der Waals surface area contributed by atoms with Crippen LogP contribution in [0.5, 0.6) is 5.75 Å². The van der Waals surface area contributed by atoms with Gasteiger partial charge in [0, 0.05) is 25.2 Å². The van der Waals surface area contributed by atoms with Crippen LogP contribution in [0.1, 0.15) is 19.3 Å². The molecule has 0 saturated carbocycles. The van der Waals surface area contributed by atoms with E-state index >= 15 is 0 Å². The van der Waals surface area contributed by atoms with Gasteiger partial charge in [-0.25, -0.2) is 0 Å². The number of nitrogens with zero attached hydrogens (tertiary/aromatic N) is 1. The van der Waals surface area contributed by atoms with Crippen molar-refractivity contribution in [3.63, 3.8) is 0 Å². The van der Waals surface area contributed by atoms with E-state index in [-0.39, 0.29) is 11.7 Å².